The van der Waals surface area contributed by atoms with Gasteiger partial charge in [-0.05, 0) is 18.2 Å². The van der Waals surface area contributed by atoms with E-state index >= 15 is 0 Å². The lowest BCUT2D eigenvalue weighted by molar-refractivity contribution is 0.629. The molecule has 0 aliphatic heterocycles. The predicted octanol–water partition coefficient (Wildman–Crippen LogP) is 2.56. The molecule has 68 valence electrons. The summed E-state index contributed by atoms with van der Waals surface area (Å²) >= 11 is 0. The summed E-state index contributed by atoms with van der Waals surface area (Å²) in [4.78, 5) is 6.91. The Hall–Kier alpha value is -2.13. The highest BCUT2D eigenvalue weighted by Gasteiger charge is 2.05. The minimum atomic E-state index is -0.343. The molecule has 0 fully saturated rings. The molecule has 0 spiro atoms. The Kier molecular flexibility index (Phi) is 2.01. The van der Waals surface area contributed by atoms with Crippen LogP contribution in [0.3, 0.4) is 0 Å². The summed E-state index contributed by atoms with van der Waals surface area (Å²) in [5, 5.41) is 4.28. The summed E-state index contributed by atoms with van der Waals surface area (Å²) in [6.07, 6.45) is 1.51. The number of nitrogens with one attached hydrogen (secondary N) is 1. The van der Waals surface area contributed by atoms with Gasteiger partial charge in [0.1, 0.15) is 11.3 Å². The zero-order chi connectivity index (χ0) is 9.97. The molecule has 0 unspecified atom stereocenters. The molecule has 0 radical (unpaired) electrons. The lowest BCUT2D eigenvalue weighted by Crippen LogP contribution is -1.80. The molecule has 0 aliphatic carbocycles. The normalized spacial score (nSPS) is 9.79. The average molecular weight is 189 g/mol. The number of nitrogens with zero attached hydrogens (tertiary/aromatic N) is 3. The van der Waals surface area contributed by atoms with Crippen LogP contribution in [-0.4, -0.2) is 4.98 Å². The first-order chi connectivity index (χ1) is 6.81. The molecule has 2 rings (SSSR count). The van der Waals surface area contributed by atoms with E-state index in [4.69, 9.17) is 5.53 Å². The fourth-order valence-corrected chi connectivity index (χ4v) is 1.25. The van der Waals surface area contributed by atoms with Crippen molar-refractivity contribution in [2.45, 2.75) is 0 Å². The Labute approximate surface area is 78.6 Å². The fourth-order valence-electron chi connectivity index (χ4n) is 1.25. The van der Waals surface area contributed by atoms with Crippen molar-refractivity contribution in [1.29, 1.82) is 5.53 Å². The van der Waals surface area contributed by atoms with E-state index in [1.165, 1.54) is 18.3 Å². The number of aromatic nitrogens is 1. The highest BCUT2D eigenvalue weighted by molar-refractivity contribution is 5.89. The minimum absolute atomic E-state index is 0.343. The molecule has 0 aliphatic rings. The van der Waals surface area contributed by atoms with Crippen LogP contribution in [0.2, 0.25) is 0 Å². The van der Waals surface area contributed by atoms with E-state index < -0.39 is 0 Å². The highest BCUT2D eigenvalue weighted by atomic mass is 19.1. The third kappa shape index (κ3) is 1.36. The van der Waals surface area contributed by atoms with Crippen LogP contribution in [0.5, 0.6) is 0 Å². The fraction of sp³-hybridized carbons (Fsp3) is 0. The Balaban J connectivity index is 2.81. The minimum Gasteiger partial charge on any atom is -0.256 e. The maximum Gasteiger partial charge on any atom is 0.220 e. The number of hydrogen-bond donors (Lipinski definition) is 1. The van der Waals surface area contributed by atoms with Gasteiger partial charge in [-0.25, -0.2) is 4.39 Å². The smallest absolute Gasteiger partial charge is 0.220 e. The molecule has 0 saturated carbocycles. The van der Waals surface area contributed by atoms with Crippen molar-refractivity contribution < 1.29 is 4.39 Å². The van der Waals surface area contributed by atoms with Crippen LogP contribution in [-0.2, 0) is 0 Å². The molecular weight excluding hydrogens is 183 g/mol. The van der Waals surface area contributed by atoms with E-state index in [2.05, 4.69) is 15.0 Å². The van der Waals surface area contributed by atoms with E-state index in [0.717, 1.165) is 0 Å². The molecular formula is C9H6FN4+. The van der Waals surface area contributed by atoms with Crippen LogP contribution in [0, 0.1) is 11.3 Å². The number of benzene rings is 1. The molecule has 1 N–H and O–H groups in total. The van der Waals surface area contributed by atoms with Crippen LogP contribution >= 0.6 is 0 Å². The molecule has 2 aromatic rings. The molecule has 1 aromatic carbocycles. The molecule has 0 amide bonds. The van der Waals surface area contributed by atoms with Crippen molar-refractivity contribution >= 4 is 16.6 Å². The van der Waals surface area contributed by atoms with Gasteiger partial charge >= 0.3 is 0 Å². The van der Waals surface area contributed by atoms with Gasteiger partial charge in [-0.3, -0.25) is 4.98 Å². The van der Waals surface area contributed by atoms with Gasteiger partial charge in [0.05, 0.1) is 5.52 Å². The summed E-state index contributed by atoms with van der Waals surface area (Å²) in [5.74, 6) is -0.343. The van der Waals surface area contributed by atoms with Crippen LogP contribution in [0.4, 0.5) is 10.1 Å². The van der Waals surface area contributed by atoms with E-state index in [0.29, 0.717) is 16.6 Å². The quantitative estimate of drug-likeness (QED) is 0.543. The van der Waals surface area contributed by atoms with Gasteiger partial charge in [0.25, 0.3) is 0 Å². The largest absolute Gasteiger partial charge is 0.256 e. The SMILES string of the molecule is N=[N+]=Nc1ccnc2cc(F)ccc12. The Morgan fingerprint density at radius 1 is 1.36 bits per heavy atom. The molecule has 4 nitrogen and oxygen atoms in total. The van der Waals surface area contributed by atoms with Crippen molar-refractivity contribution in [3.8, 4) is 0 Å². The van der Waals surface area contributed by atoms with Crippen molar-refractivity contribution in [2.75, 3.05) is 0 Å². The summed E-state index contributed by atoms with van der Waals surface area (Å²) in [6.45, 7) is 0. The lowest BCUT2D eigenvalue weighted by Gasteiger charge is -1.96. The van der Waals surface area contributed by atoms with Gasteiger partial charge < -0.3 is 0 Å². The monoisotopic (exact) mass is 189 g/mol. The average Bonchev–Trinajstić information content (AvgIpc) is 2.18. The Morgan fingerprint density at radius 2 is 2.21 bits per heavy atom. The number of rotatable bonds is 1. The Morgan fingerprint density at radius 3 is 3.00 bits per heavy atom. The highest BCUT2D eigenvalue weighted by Crippen LogP contribution is 2.23. The summed E-state index contributed by atoms with van der Waals surface area (Å²) in [7, 11) is 0. The van der Waals surface area contributed by atoms with Crippen LogP contribution in [0.15, 0.2) is 35.6 Å². The van der Waals surface area contributed by atoms with Gasteiger partial charge in [0, 0.05) is 17.6 Å². The van der Waals surface area contributed by atoms with Crippen molar-refractivity contribution in [3.05, 3.63) is 36.3 Å². The second-order valence-corrected chi connectivity index (χ2v) is 2.69. The molecule has 1 aromatic heterocycles. The summed E-state index contributed by atoms with van der Waals surface area (Å²) in [5.41, 5.74) is 7.65. The molecule has 0 bridgehead atoms. The standard InChI is InChI=1S/C9H6FN4/c10-6-1-2-7-8(13-14-11)3-4-12-9(7)5-6/h1-5,11H/q+1. The van der Waals surface area contributed by atoms with Gasteiger partial charge in [0.15, 0.2) is 10.8 Å². The maximum atomic E-state index is 12.8. The number of halogens is 1. The first kappa shape index (κ1) is 8.47. The predicted molar refractivity (Wildman–Crippen MR) is 48.6 cm³/mol. The van der Waals surface area contributed by atoms with E-state index in [1.54, 1.807) is 12.1 Å². The summed E-state index contributed by atoms with van der Waals surface area (Å²) in [6, 6.07) is 5.84. The molecule has 14 heavy (non-hydrogen) atoms. The third-order valence-corrected chi connectivity index (χ3v) is 1.84. The van der Waals surface area contributed by atoms with Crippen LogP contribution < -0.4 is 4.91 Å². The number of hydrogen-bond acceptors (Lipinski definition) is 3. The Bertz CT molecular complexity index is 531. The maximum absolute atomic E-state index is 12.8. The van der Waals surface area contributed by atoms with Gasteiger partial charge in [-0.1, -0.05) is 0 Å². The molecule has 0 saturated heterocycles. The molecule has 0 atom stereocenters. The van der Waals surface area contributed by atoms with Crippen molar-refractivity contribution in [3.63, 3.8) is 0 Å². The first-order valence-corrected chi connectivity index (χ1v) is 3.93. The molecule has 5 heteroatoms. The van der Waals surface area contributed by atoms with Gasteiger partial charge in [-0.15, -0.1) is 0 Å². The second-order valence-electron chi connectivity index (χ2n) is 2.69. The topological polar surface area (TPSA) is 63.2 Å². The van der Waals surface area contributed by atoms with Crippen LogP contribution in [0.1, 0.15) is 0 Å². The second kappa shape index (κ2) is 3.32. The van der Waals surface area contributed by atoms with Gasteiger partial charge in [0.2, 0.25) is 4.91 Å². The van der Waals surface area contributed by atoms with Crippen molar-refractivity contribution in [1.82, 2.24) is 9.90 Å². The van der Waals surface area contributed by atoms with Crippen LogP contribution in [0.25, 0.3) is 10.9 Å². The number of pyridine rings is 1. The summed E-state index contributed by atoms with van der Waals surface area (Å²) < 4.78 is 12.8. The van der Waals surface area contributed by atoms with Gasteiger partial charge in [-0.2, -0.15) is 0 Å². The zero-order valence-electron chi connectivity index (χ0n) is 7.11. The van der Waals surface area contributed by atoms with E-state index in [9.17, 15) is 4.39 Å². The lowest BCUT2D eigenvalue weighted by atomic mass is 10.2. The van der Waals surface area contributed by atoms with Crippen molar-refractivity contribution in [2.24, 2.45) is 5.11 Å². The third-order valence-electron chi connectivity index (χ3n) is 1.84. The zero-order valence-corrected chi connectivity index (χ0v) is 7.11. The first-order valence-electron chi connectivity index (χ1n) is 3.93. The van der Waals surface area contributed by atoms with E-state index in [-0.39, 0.29) is 5.82 Å². The number of fused-ring (bicyclic) bond motifs is 1. The van der Waals surface area contributed by atoms with E-state index in [1.807, 2.05) is 0 Å². The molecule has 1 heterocycles.